The van der Waals surface area contributed by atoms with Crippen molar-refractivity contribution in [1.29, 1.82) is 0 Å². The smallest absolute Gasteiger partial charge is 0.332 e. The topological polar surface area (TPSA) is 115 Å². The van der Waals surface area contributed by atoms with Crippen molar-refractivity contribution in [1.82, 2.24) is 9.97 Å². The quantitative estimate of drug-likeness (QED) is 0.502. The lowest BCUT2D eigenvalue weighted by Crippen LogP contribution is -2.22. The normalized spacial score (nSPS) is 21.3. The summed E-state index contributed by atoms with van der Waals surface area (Å²) in [6.07, 6.45) is 0.389. The fraction of sp³-hybridized carbons (Fsp3) is 0.556. The third-order valence-corrected chi connectivity index (χ3v) is 4.72. The van der Waals surface area contributed by atoms with Gasteiger partial charge in [0.2, 0.25) is 11.1 Å². The van der Waals surface area contributed by atoms with E-state index in [0.29, 0.717) is 6.42 Å². The van der Waals surface area contributed by atoms with Crippen LogP contribution in [0.4, 0.5) is 11.5 Å². The average Bonchev–Trinajstić information content (AvgIpc) is 2.56. The number of hydrogen-bond acceptors (Lipinski definition) is 7. The van der Waals surface area contributed by atoms with Crippen molar-refractivity contribution in [3.8, 4) is 0 Å². The van der Waals surface area contributed by atoms with Gasteiger partial charge in [-0.1, -0.05) is 0 Å². The van der Waals surface area contributed by atoms with Crippen LogP contribution in [0.5, 0.6) is 0 Å². The second kappa shape index (κ2) is 4.89. The lowest BCUT2D eigenvalue weighted by atomic mass is 10.2. The summed E-state index contributed by atoms with van der Waals surface area (Å²) in [5.74, 6) is -0.0363. The Bertz CT molecular complexity index is 633. The molecule has 1 N–H and O–H groups in total. The van der Waals surface area contributed by atoms with Gasteiger partial charge in [-0.25, -0.2) is 13.4 Å². The van der Waals surface area contributed by atoms with Gasteiger partial charge in [0.1, 0.15) is 5.69 Å². The zero-order valence-electron chi connectivity index (χ0n) is 9.96. The fourth-order valence-electron chi connectivity index (χ4n) is 1.95. The molecule has 1 aliphatic heterocycles. The summed E-state index contributed by atoms with van der Waals surface area (Å²) in [5.41, 5.74) is -0.151. The monoisotopic (exact) mass is 306 g/mol. The highest BCUT2D eigenvalue weighted by Gasteiger charge is 2.31. The first-order valence-electron chi connectivity index (χ1n) is 5.44. The highest BCUT2D eigenvalue weighted by atomic mass is 35.5. The molecule has 1 aromatic heterocycles. The molecule has 104 valence electrons. The molecule has 1 aliphatic rings. The van der Waals surface area contributed by atoms with Gasteiger partial charge in [-0.15, -0.1) is 0 Å². The number of nitro groups is 1. The number of anilines is 1. The van der Waals surface area contributed by atoms with Crippen molar-refractivity contribution in [2.24, 2.45) is 0 Å². The fourth-order valence-corrected chi connectivity index (χ4v) is 3.84. The van der Waals surface area contributed by atoms with Gasteiger partial charge < -0.3 is 5.32 Å². The van der Waals surface area contributed by atoms with Crippen LogP contribution in [0.15, 0.2) is 0 Å². The lowest BCUT2D eigenvalue weighted by Gasteiger charge is -2.12. The van der Waals surface area contributed by atoms with E-state index >= 15 is 0 Å². The second-order valence-electron chi connectivity index (χ2n) is 4.28. The first-order valence-corrected chi connectivity index (χ1v) is 7.64. The van der Waals surface area contributed by atoms with Crippen molar-refractivity contribution in [2.75, 3.05) is 16.8 Å². The molecule has 1 fully saturated rings. The molecule has 1 unspecified atom stereocenters. The summed E-state index contributed by atoms with van der Waals surface area (Å²) < 4.78 is 22.7. The Kier molecular flexibility index (Phi) is 3.59. The van der Waals surface area contributed by atoms with Gasteiger partial charge in [0.15, 0.2) is 9.84 Å². The van der Waals surface area contributed by atoms with Gasteiger partial charge in [-0.3, -0.25) is 10.1 Å². The van der Waals surface area contributed by atoms with Gasteiger partial charge in [-0.2, -0.15) is 4.98 Å². The van der Waals surface area contributed by atoms with Crippen LogP contribution in [0.3, 0.4) is 0 Å². The van der Waals surface area contributed by atoms with E-state index in [1.165, 1.54) is 6.92 Å². The molecule has 0 spiro atoms. The molecular formula is C9H11ClN4O4S. The van der Waals surface area contributed by atoms with Gasteiger partial charge in [-0.05, 0) is 24.9 Å². The second-order valence-corrected chi connectivity index (χ2v) is 6.84. The van der Waals surface area contributed by atoms with Gasteiger partial charge in [0.05, 0.1) is 16.4 Å². The molecule has 19 heavy (non-hydrogen) atoms. The summed E-state index contributed by atoms with van der Waals surface area (Å²) >= 11 is 5.67. The van der Waals surface area contributed by atoms with Gasteiger partial charge in [0, 0.05) is 6.04 Å². The Balaban J connectivity index is 2.32. The van der Waals surface area contributed by atoms with Gasteiger partial charge in [0.25, 0.3) is 0 Å². The molecule has 2 heterocycles. The Morgan fingerprint density at radius 3 is 2.68 bits per heavy atom. The van der Waals surface area contributed by atoms with Crippen LogP contribution in [-0.4, -0.2) is 40.9 Å². The highest BCUT2D eigenvalue weighted by molar-refractivity contribution is 7.91. The van der Waals surface area contributed by atoms with Crippen molar-refractivity contribution in [3.05, 3.63) is 21.1 Å². The molecule has 0 radical (unpaired) electrons. The zero-order valence-corrected chi connectivity index (χ0v) is 11.5. The third kappa shape index (κ3) is 3.10. The SMILES string of the molecule is Cc1nc(Cl)nc(NC2CCS(=O)(=O)C2)c1[N+](=O)[O-]. The molecule has 1 saturated heterocycles. The minimum absolute atomic E-state index is 0.0374. The molecule has 1 aromatic rings. The lowest BCUT2D eigenvalue weighted by molar-refractivity contribution is -0.385. The maximum atomic E-state index is 11.4. The van der Waals surface area contributed by atoms with Crippen LogP contribution < -0.4 is 5.32 Å². The van der Waals surface area contributed by atoms with E-state index in [2.05, 4.69) is 15.3 Å². The third-order valence-electron chi connectivity index (χ3n) is 2.79. The number of rotatable bonds is 3. The van der Waals surface area contributed by atoms with Crippen molar-refractivity contribution < 1.29 is 13.3 Å². The van der Waals surface area contributed by atoms with E-state index in [0.717, 1.165) is 0 Å². The van der Waals surface area contributed by atoms with Crippen LogP contribution in [0.2, 0.25) is 5.28 Å². The molecular weight excluding hydrogens is 296 g/mol. The van der Waals surface area contributed by atoms with Gasteiger partial charge >= 0.3 is 5.69 Å². The molecule has 10 heteroatoms. The summed E-state index contributed by atoms with van der Waals surface area (Å²) in [7, 11) is -3.08. The Hall–Kier alpha value is -1.48. The van der Waals surface area contributed by atoms with Crippen molar-refractivity contribution >= 4 is 32.9 Å². The Labute approximate surface area is 114 Å². The minimum atomic E-state index is -3.08. The standard InChI is InChI=1S/C9H11ClN4O4S/c1-5-7(14(15)16)8(13-9(10)11-5)12-6-2-3-19(17,18)4-6/h6H,2-4H2,1H3,(H,11,12,13). The Morgan fingerprint density at radius 1 is 1.47 bits per heavy atom. The number of nitrogens with zero attached hydrogens (tertiary/aromatic N) is 3. The number of hydrogen-bond donors (Lipinski definition) is 1. The molecule has 0 bridgehead atoms. The van der Waals surface area contributed by atoms with E-state index in [1.54, 1.807) is 0 Å². The first-order chi connectivity index (χ1) is 8.78. The molecule has 8 nitrogen and oxygen atoms in total. The average molecular weight is 307 g/mol. The van der Waals surface area contributed by atoms with E-state index in [9.17, 15) is 18.5 Å². The largest absolute Gasteiger partial charge is 0.360 e. The van der Waals surface area contributed by atoms with E-state index in [-0.39, 0.29) is 34.0 Å². The van der Waals surface area contributed by atoms with Crippen LogP contribution >= 0.6 is 11.6 Å². The summed E-state index contributed by atoms with van der Waals surface area (Å²) in [6, 6.07) is -0.394. The predicted molar refractivity (Wildman–Crippen MR) is 69.1 cm³/mol. The van der Waals surface area contributed by atoms with Crippen molar-refractivity contribution in [2.45, 2.75) is 19.4 Å². The molecule has 0 aliphatic carbocycles. The number of halogens is 1. The number of nitrogens with one attached hydrogen (secondary N) is 1. The molecule has 0 amide bonds. The van der Waals surface area contributed by atoms with Crippen LogP contribution in [0.1, 0.15) is 12.1 Å². The predicted octanol–water partition coefficient (Wildman–Crippen LogP) is 0.946. The molecule has 1 atom stereocenters. The van der Waals surface area contributed by atoms with Crippen LogP contribution in [0, 0.1) is 17.0 Å². The summed E-state index contributed by atoms with van der Waals surface area (Å²) in [4.78, 5) is 17.9. The summed E-state index contributed by atoms with van der Waals surface area (Å²) in [6.45, 7) is 1.45. The molecule has 2 rings (SSSR count). The minimum Gasteiger partial charge on any atom is -0.360 e. The first kappa shape index (κ1) is 13.9. The maximum absolute atomic E-state index is 11.4. The Morgan fingerprint density at radius 2 is 2.16 bits per heavy atom. The zero-order chi connectivity index (χ0) is 14.2. The summed E-state index contributed by atoms with van der Waals surface area (Å²) in [5, 5.41) is 13.6. The number of aryl methyl sites for hydroxylation is 1. The van der Waals surface area contributed by atoms with Crippen molar-refractivity contribution in [3.63, 3.8) is 0 Å². The number of sulfone groups is 1. The number of aromatic nitrogens is 2. The maximum Gasteiger partial charge on any atom is 0.332 e. The van der Waals surface area contributed by atoms with Crippen LogP contribution in [0.25, 0.3) is 0 Å². The van der Waals surface area contributed by atoms with E-state index in [1.807, 2.05) is 0 Å². The van der Waals surface area contributed by atoms with E-state index in [4.69, 9.17) is 11.6 Å². The molecule has 0 aromatic carbocycles. The van der Waals surface area contributed by atoms with E-state index < -0.39 is 20.8 Å². The van der Waals surface area contributed by atoms with Crippen LogP contribution in [-0.2, 0) is 9.84 Å². The molecule has 0 saturated carbocycles. The highest BCUT2D eigenvalue weighted by Crippen LogP contribution is 2.28.